The second kappa shape index (κ2) is 7.63. The van der Waals surface area contributed by atoms with Crippen molar-refractivity contribution in [3.05, 3.63) is 0 Å². The Kier molecular flexibility index (Phi) is 6.14. The van der Waals surface area contributed by atoms with Gasteiger partial charge in [-0.2, -0.15) is 0 Å². The van der Waals surface area contributed by atoms with Crippen LogP contribution in [0.1, 0.15) is 39.0 Å². The van der Waals surface area contributed by atoms with Crippen LogP contribution in [-0.4, -0.2) is 53.8 Å². The molecule has 0 bridgehead atoms. The van der Waals surface area contributed by atoms with Crippen LogP contribution in [-0.2, 0) is 4.79 Å². The quantitative estimate of drug-likeness (QED) is 0.743. The van der Waals surface area contributed by atoms with Crippen molar-refractivity contribution in [1.82, 2.24) is 9.80 Å². The van der Waals surface area contributed by atoms with Crippen molar-refractivity contribution in [3.8, 4) is 0 Å². The third-order valence-corrected chi connectivity index (χ3v) is 5.02. The summed E-state index contributed by atoms with van der Waals surface area (Å²) in [6.07, 6.45) is 5.82. The van der Waals surface area contributed by atoms with Crippen LogP contribution in [0.2, 0.25) is 0 Å². The maximum absolute atomic E-state index is 12.6. The Labute approximate surface area is 125 Å². The van der Waals surface area contributed by atoms with E-state index in [1.807, 2.05) is 0 Å². The van der Waals surface area contributed by atoms with Gasteiger partial charge >= 0.3 is 0 Å². The zero-order valence-electron chi connectivity index (χ0n) is 12.1. The van der Waals surface area contributed by atoms with Crippen molar-refractivity contribution in [2.24, 2.45) is 11.8 Å². The molecule has 0 aromatic rings. The molecule has 4 heteroatoms. The first-order valence-electron chi connectivity index (χ1n) is 7.78. The number of carbonyl (C=O) groups is 1. The normalized spacial score (nSPS) is 30.1. The van der Waals surface area contributed by atoms with Gasteiger partial charge in [0.1, 0.15) is 0 Å². The Hall–Kier alpha value is -0.0900. The molecular weight excluding hydrogens is 304 g/mol. The molecule has 0 unspecified atom stereocenters. The molecule has 1 aliphatic carbocycles. The van der Waals surface area contributed by atoms with Crippen LogP contribution in [0.3, 0.4) is 0 Å². The van der Waals surface area contributed by atoms with Gasteiger partial charge < -0.3 is 9.80 Å². The molecule has 3 nitrogen and oxygen atoms in total. The van der Waals surface area contributed by atoms with Gasteiger partial charge in [0.15, 0.2) is 0 Å². The molecule has 1 saturated heterocycles. The fraction of sp³-hybridized carbons (Fsp3) is 0.933. The van der Waals surface area contributed by atoms with E-state index in [4.69, 9.17) is 0 Å². The summed E-state index contributed by atoms with van der Waals surface area (Å²) in [7, 11) is 0. The highest BCUT2D eigenvalue weighted by molar-refractivity contribution is 9.09. The molecule has 1 amide bonds. The molecule has 0 aromatic heterocycles. The average molecular weight is 331 g/mol. The monoisotopic (exact) mass is 330 g/mol. The molecule has 0 radical (unpaired) electrons. The van der Waals surface area contributed by atoms with Crippen molar-refractivity contribution in [3.63, 3.8) is 0 Å². The lowest BCUT2D eigenvalue weighted by Gasteiger charge is -2.30. The highest BCUT2D eigenvalue weighted by Gasteiger charge is 2.28. The smallest absolute Gasteiger partial charge is 0.225 e. The van der Waals surface area contributed by atoms with Gasteiger partial charge in [-0.25, -0.2) is 0 Å². The molecule has 2 fully saturated rings. The van der Waals surface area contributed by atoms with Crippen LogP contribution >= 0.6 is 15.9 Å². The third-order valence-electron chi connectivity index (χ3n) is 4.67. The van der Waals surface area contributed by atoms with E-state index in [0.717, 1.165) is 63.2 Å². The van der Waals surface area contributed by atoms with Crippen LogP contribution in [0.5, 0.6) is 0 Å². The number of hydrogen-bond acceptors (Lipinski definition) is 2. The summed E-state index contributed by atoms with van der Waals surface area (Å²) in [5.41, 5.74) is 0. The number of halogens is 1. The largest absolute Gasteiger partial charge is 0.341 e. The SMILES string of the molecule is CC1CCC(C(=O)N2CCCN(CCBr)CC2)CC1. The summed E-state index contributed by atoms with van der Waals surface area (Å²) < 4.78 is 0. The van der Waals surface area contributed by atoms with E-state index in [2.05, 4.69) is 32.7 Å². The van der Waals surface area contributed by atoms with Gasteiger partial charge in [-0.1, -0.05) is 22.9 Å². The van der Waals surface area contributed by atoms with E-state index in [9.17, 15) is 4.79 Å². The lowest BCUT2D eigenvalue weighted by Crippen LogP contribution is -2.40. The highest BCUT2D eigenvalue weighted by Crippen LogP contribution is 2.29. The molecule has 0 spiro atoms. The average Bonchev–Trinajstić information content (AvgIpc) is 2.65. The van der Waals surface area contributed by atoms with E-state index in [-0.39, 0.29) is 0 Å². The van der Waals surface area contributed by atoms with Gasteiger partial charge in [0.05, 0.1) is 0 Å². The van der Waals surface area contributed by atoms with Gasteiger partial charge in [0.2, 0.25) is 5.91 Å². The molecular formula is C15H27BrN2O. The summed E-state index contributed by atoms with van der Waals surface area (Å²) >= 11 is 3.50. The number of amides is 1. The fourth-order valence-corrected chi connectivity index (χ4v) is 3.80. The van der Waals surface area contributed by atoms with Gasteiger partial charge in [0.25, 0.3) is 0 Å². The van der Waals surface area contributed by atoms with Crippen LogP contribution in [0.25, 0.3) is 0 Å². The molecule has 0 atom stereocenters. The highest BCUT2D eigenvalue weighted by atomic mass is 79.9. The molecule has 0 N–H and O–H groups in total. The Bertz CT molecular complexity index is 290. The minimum atomic E-state index is 0.318. The molecule has 1 aliphatic heterocycles. The lowest BCUT2D eigenvalue weighted by molar-refractivity contribution is -0.136. The molecule has 110 valence electrons. The number of carbonyl (C=O) groups excluding carboxylic acids is 1. The van der Waals surface area contributed by atoms with Crippen LogP contribution in [0.4, 0.5) is 0 Å². The van der Waals surface area contributed by atoms with E-state index >= 15 is 0 Å². The predicted molar refractivity (Wildman–Crippen MR) is 82.6 cm³/mol. The Balaban J connectivity index is 1.82. The summed E-state index contributed by atoms with van der Waals surface area (Å²) in [4.78, 5) is 17.2. The van der Waals surface area contributed by atoms with Crippen LogP contribution in [0.15, 0.2) is 0 Å². The number of hydrogen-bond donors (Lipinski definition) is 0. The first-order chi connectivity index (χ1) is 9.20. The topological polar surface area (TPSA) is 23.6 Å². The first kappa shape index (κ1) is 15.3. The van der Waals surface area contributed by atoms with E-state index in [1.165, 1.54) is 12.8 Å². The molecule has 1 heterocycles. The predicted octanol–water partition coefficient (Wildman–Crippen LogP) is 2.74. The second-order valence-corrected chi connectivity index (χ2v) is 6.96. The summed E-state index contributed by atoms with van der Waals surface area (Å²) in [5, 5.41) is 1.03. The maximum atomic E-state index is 12.6. The van der Waals surface area contributed by atoms with Crippen LogP contribution < -0.4 is 0 Å². The number of rotatable bonds is 3. The van der Waals surface area contributed by atoms with Crippen molar-refractivity contribution in [2.45, 2.75) is 39.0 Å². The van der Waals surface area contributed by atoms with E-state index in [1.54, 1.807) is 0 Å². The van der Waals surface area contributed by atoms with Crippen molar-refractivity contribution in [1.29, 1.82) is 0 Å². The molecule has 0 aromatic carbocycles. The number of alkyl halides is 1. The number of nitrogens with zero attached hydrogens (tertiary/aromatic N) is 2. The van der Waals surface area contributed by atoms with Crippen molar-refractivity contribution in [2.75, 3.05) is 38.1 Å². The molecule has 1 saturated carbocycles. The first-order valence-corrected chi connectivity index (χ1v) is 8.90. The zero-order valence-corrected chi connectivity index (χ0v) is 13.7. The van der Waals surface area contributed by atoms with Crippen molar-refractivity contribution >= 4 is 21.8 Å². The Morgan fingerprint density at radius 2 is 1.84 bits per heavy atom. The molecule has 2 aliphatic rings. The third kappa shape index (κ3) is 4.45. The standard InChI is InChI=1S/C15H27BrN2O/c1-13-3-5-14(6-4-13)15(19)18-9-2-8-17(10-7-16)11-12-18/h13-14H,2-12H2,1H3. The van der Waals surface area contributed by atoms with Gasteiger partial charge in [-0.15, -0.1) is 0 Å². The van der Waals surface area contributed by atoms with Crippen LogP contribution in [0, 0.1) is 11.8 Å². The minimum Gasteiger partial charge on any atom is -0.341 e. The molecule has 19 heavy (non-hydrogen) atoms. The van der Waals surface area contributed by atoms with Crippen molar-refractivity contribution < 1.29 is 4.79 Å². The van der Waals surface area contributed by atoms with Gasteiger partial charge in [-0.05, 0) is 44.6 Å². The molecule has 2 rings (SSSR count). The van der Waals surface area contributed by atoms with E-state index in [0.29, 0.717) is 11.8 Å². The Morgan fingerprint density at radius 3 is 2.53 bits per heavy atom. The maximum Gasteiger partial charge on any atom is 0.225 e. The van der Waals surface area contributed by atoms with Gasteiger partial charge in [0, 0.05) is 37.4 Å². The minimum absolute atomic E-state index is 0.318. The zero-order chi connectivity index (χ0) is 13.7. The summed E-state index contributed by atoms with van der Waals surface area (Å²) in [6, 6.07) is 0. The van der Waals surface area contributed by atoms with E-state index < -0.39 is 0 Å². The fourth-order valence-electron chi connectivity index (χ4n) is 3.30. The summed E-state index contributed by atoms with van der Waals surface area (Å²) in [5.74, 6) is 1.58. The Morgan fingerprint density at radius 1 is 1.11 bits per heavy atom. The second-order valence-electron chi connectivity index (χ2n) is 6.17. The summed E-state index contributed by atoms with van der Waals surface area (Å²) in [6.45, 7) is 7.48. The lowest BCUT2D eigenvalue weighted by atomic mass is 9.82. The van der Waals surface area contributed by atoms with Gasteiger partial charge in [-0.3, -0.25) is 4.79 Å².